The topological polar surface area (TPSA) is 77.6 Å². The largest absolute Gasteiger partial charge is 0.455 e. The highest BCUT2D eigenvalue weighted by Gasteiger charge is 2.22. The lowest BCUT2D eigenvalue weighted by molar-refractivity contribution is 0.669. The summed E-state index contributed by atoms with van der Waals surface area (Å²) in [5.74, 6) is 2.41. The number of aromatic nitrogens is 5. The van der Waals surface area contributed by atoms with Crippen LogP contribution < -0.4 is 0 Å². The number of benzene rings is 6. The highest BCUT2D eigenvalue weighted by atomic mass is 32.1. The van der Waals surface area contributed by atoms with Crippen molar-refractivity contribution in [2.45, 2.75) is 0 Å². The van der Waals surface area contributed by atoms with Gasteiger partial charge in [-0.15, -0.1) is 11.3 Å². The summed E-state index contributed by atoms with van der Waals surface area (Å²) < 4.78 is 8.96. The first-order chi connectivity index (χ1) is 24.8. The molecule has 0 spiro atoms. The fourth-order valence-electron chi connectivity index (χ4n) is 6.64. The van der Waals surface area contributed by atoms with Crippen LogP contribution in [0.5, 0.6) is 0 Å². The van der Waals surface area contributed by atoms with E-state index >= 15 is 0 Å². The summed E-state index contributed by atoms with van der Waals surface area (Å²) in [5.41, 5.74) is 7.87. The van der Waals surface area contributed by atoms with Crippen molar-refractivity contribution >= 4 is 53.6 Å². The van der Waals surface area contributed by atoms with Crippen molar-refractivity contribution in [1.29, 1.82) is 0 Å². The lowest BCUT2D eigenvalue weighted by atomic mass is 10.0. The molecule has 6 aromatic carbocycles. The Kier molecular flexibility index (Phi) is 6.57. The third kappa shape index (κ3) is 4.67. The van der Waals surface area contributed by atoms with Crippen molar-refractivity contribution in [2.24, 2.45) is 0 Å². The monoisotopic (exact) mass is 659 g/mol. The molecule has 0 aliphatic heterocycles. The number of thiophene rings is 1. The summed E-state index contributed by atoms with van der Waals surface area (Å²) in [5, 5.41) is 2.99. The van der Waals surface area contributed by atoms with Crippen LogP contribution >= 0.6 is 11.3 Å². The van der Waals surface area contributed by atoms with Gasteiger partial charge in [-0.25, -0.2) is 24.9 Å². The first-order valence-electron chi connectivity index (χ1n) is 16.3. The minimum atomic E-state index is 0.574. The maximum absolute atomic E-state index is 6.71. The second-order valence-electron chi connectivity index (χ2n) is 12.0. The van der Waals surface area contributed by atoms with Crippen molar-refractivity contribution in [2.75, 3.05) is 0 Å². The Morgan fingerprint density at radius 3 is 1.70 bits per heavy atom. The lowest BCUT2D eigenvalue weighted by Crippen LogP contribution is -2.00. The Labute approximate surface area is 290 Å². The predicted molar refractivity (Wildman–Crippen MR) is 203 cm³/mol. The number of rotatable bonds is 5. The van der Waals surface area contributed by atoms with Gasteiger partial charge in [0.2, 0.25) is 0 Å². The van der Waals surface area contributed by atoms with E-state index in [9.17, 15) is 0 Å². The van der Waals surface area contributed by atoms with Crippen molar-refractivity contribution in [3.05, 3.63) is 152 Å². The molecule has 0 saturated carbocycles. The number of hydrogen-bond donors (Lipinski definition) is 0. The van der Waals surface area contributed by atoms with E-state index in [0.717, 1.165) is 65.5 Å². The van der Waals surface area contributed by atoms with Crippen molar-refractivity contribution < 1.29 is 4.42 Å². The molecule has 234 valence electrons. The van der Waals surface area contributed by atoms with E-state index in [-0.39, 0.29) is 0 Å². The highest BCUT2D eigenvalue weighted by Crippen LogP contribution is 2.43. The second-order valence-corrected chi connectivity index (χ2v) is 13.1. The third-order valence-electron chi connectivity index (χ3n) is 8.97. The van der Waals surface area contributed by atoms with Crippen LogP contribution in [-0.2, 0) is 0 Å². The number of furan rings is 1. The SMILES string of the molecule is c1ccc(-c2nc(-c3ccccc3)nc(-c3cccc4oc5c(-c6nc(-c7ccccc7)c7sc8ccccc8c7n6)cccc5c34)n2)cc1. The zero-order valence-corrected chi connectivity index (χ0v) is 27.3. The summed E-state index contributed by atoms with van der Waals surface area (Å²) in [4.78, 5) is 25.4. The van der Waals surface area contributed by atoms with Gasteiger partial charge >= 0.3 is 0 Å². The highest BCUT2D eigenvalue weighted by molar-refractivity contribution is 7.26. The average Bonchev–Trinajstić information content (AvgIpc) is 3.77. The van der Waals surface area contributed by atoms with Gasteiger partial charge in [-0.05, 0) is 18.2 Å². The van der Waals surface area contributed by atoms with Crippen LogP contribution in [0.3, 0.4) is 0 Å². The molecular weight excluding hydrogens is 635 g/mol. The zero-order valence-electron chi connectivity index (χ0n) is 26.5. The average molecular weight is 660 g/mol. The van der Waals surface area contributed by atoms with E-state index in [1.165, 1.54) is 4.70 Å². The number of nitrogens with zero attached hydrogens (tertiary/aromatic N) is 5. The van der Waals surface area contributed by atoms with Crippen LogP contribution in [0.1, 0.15) is 0 Å². The van der Waals surface area contributed by atoms with Crippen LogP contribution in [-0.4, -0.2) is 24.9 Å². The summed E-state index contributed by atoms with van der Waals surface area (Å²) in [7, 11) is 0. The van der Waals surface area contributed by atoms with Crippen molar-refractivity contribution in [1.82, 2.24) is 24.9 Å². The molecule has 0 atom stereocenters. The third-order valence-corrected chi connectivity index (χ3v) is 10.1. The van der Waals surface area contributed by atoms with Gasteiger partial charge in [0.15, 0.2) is 23.3 Å². The molecule has 10 rings (SSSR count). The normalized spacial score (nSPS) is 11.6. The molecule has 0 saturated heterocycles. The minimum Gasteiger partial charge on any atom is -0.455 e. The maximum atomic E-state index is 6.71. The quantitative estimate of drug-likeness (QED) is 0.183. The molecule has 50 heavy (non-hydrogen) atoms. The summed E-state index contributed by atoms with van der Waals surface area (Å²) in [6.07, 6.45) is 0. The summed E-state index contributed by atoms with van der Waals surface area (Å²) >= 11 is 1.73. The summed E-state index contributed by atoms with van der Waals surface area (Å²) in [6, 6.07) is 51.0. The zero-order chi connectivity index (χ0) is 33.0. The second kappa shape index (κ2) is 11.5. The van der Waals surface area contributed by atoms with E-state index in [4.69, 9.17) is 29.3 Å². The Balaban J connectivity index is 1.21. The van der Waals surface area contributed by atoms with Gasteiger partial charge in [0.25, 0.3) is 0 Å². The molecule has 0 aliphatic carbocycles. The molecule has 6 nitrogen and oxygen atoms in total. The molecule has 0 unspecified atom stereocenters. The van der Waals surface area contributed by atoms with Gasteiger partial charge in [0, 0.05) is 43.1 Å². The number of hydrogen-bond acceptors (Lipinski definition) is 7. The molecule has 0 fully saturated rings. The molecule has 10 aromatic rings. The number of para-hydroxylation sites is 1. The fourth-order valence-corrected chi connectivity index (χ4v) is 7.80. The summed E-state index contributed by atoms with van der Waals surface area (Å²) in [6.45, 7) is 0. The molecule has 0 aliphatic rings. The van der Waals surface area contributed by atoms with Crippen LogP contribution in [0.25, 0.3) is 99.1 Å². The standard InChI is InChI=1S/C43H25N5OS/c1-4-14-26(15-5-1)36-39-37(29-20-10-11-25-34(29)50-39)45-43(44-36)32-23-12-21-30-35-31(22-13-24-33(35)49-38(30)32)42-47-40(27-16-6-2-7-17-27)46-41(48-42)28-18-8-3-9-19-28/h1-25H. The van der Waals surface area contributed by atoms with Gasteiger partial charge in [-0.2, -0.15) is 0 Å². The van der Waals surface area contributed by atoms with E-state index < -0.39 is 0 Å². The Hall–Kier alpha value is -6.57. The molecule has 4 aromatic heterocycles. The Morgan fingerprint density at radius 2 is 0.980 bits per heavy atom. The van der Waals surface area contributed by atoms with E-state index in [2.05, 4.69) is 48.5 Å². The first kappa shape index (κ1) is 28.4. The number of fused-ring (bicyclic) bond motifs is 6. The van der Waals surface area contributed by atoms with Crippen LogP contribution in [0.15, 0.2) is 156 Å². The fraction of sp³-hybridized carbons (Fsp3) is 0. The lowest BCUT2D eigenvalue weighted by Gasteiger charge is -2.09. The Bertz CT molecular complexity index is 2810. The predicted octanol–water partition coefficient (Wildman–Crippen LogP) is 11.3. The molecular formula is C43H25N5OS. The molecule has 4 heterocycles. The van der Waals surface area contributed by atoms with Gasteiger partial charge in [0.1, 0.15) is 11.2 Å². The van der Waals surface area contributed by atoms with Crippen LogP contribution in [0.2, 0.25) is 0 Å². The van der Waals surface area contributed by atoms with Gasteiger partial charge in [0.05, 0.1) is 21.5 Å². The van der Waals surface area contributed by atoms with E-state index in [1.807, 2.05) is 103 Å². The minimum absolute atomic E-state index is 0.574. The van der Waals surface area contributed by atoms with Crippen molar-refractivity contribution in [3.63, 3.8) is 0 Å². The smallest absolute Gasteiger partial charge is 0.164 e. The molecule has 0 amide bonds. The molecule has 0 bridgehead atoms. The van der Waals surface area contributed by atoms with Gasteiger partial charge in [-0.3, -0.25) is 0 Å². The van der Waals surface area contributed by atoms with Gasteiger partial charge < -0.3 is 4.42 Å². The van der Waals surface area contributed by atoms with Crippen LogP contribution in [0, 0.1) is 0 Å². The van der Waals surface area contributed by atoms with Crippen LogP contribution in [0.4, 0.5) is 0 Å². The molecule has 0 N–H and O–H groups in total. The maximum Gasteiger partial charge on any atom is 0.164 e. The van der Waals surface area contributed by atoms with Gasteiger partial charge in [-0.1, -0.05) is 133 Å². The molecule has 7 heteroatoms. The molecule has 0 radical (unpaired) electrons. The van der Waals surface area contributed by atoms with E-state index in [0.29, 0.717) is 28.9 Å². The Morgan fingerprint density at radius 1 is 0.420 bits per heavy atom. The van der Waals surface area contributed by atoms with E-state index in [1.54, 1.807) is 11.3 Å². The first-order valence-corrected chi connectivity index (χ1v) is 17.2. The van der Waals surface area contributed by atoms with Crippen molar-refractivity contribution in [3.8, 4) is 56.8 Å².